The van der Waals surface area contributed by atoms with E-state index in [1.54, 1.807) is 6.07 Å². The summed E-state index contributed by atoms with van der Waals surface area (Å²) in [5.74, 6) is -2.31. The van der Waals surface area contributed by atoms with Crippen molar-refractivity contribution >= 4 is 22.5 Å². The van der Waals surface area contributed by atoms with Gasteiger partial charge in [0.1, 0.15) is 6.33 Å². The highest BCUT2D eigenvalue weighted by Gasteiger charge is 2.13. The molecule has 2 aromatic carbocycles. The molecule has 0 saturated heterocycles. The van der Waals surface area contributed by atoms with Crippen LogP contribution in [0.5, 0.6) is 0 Å². The lowest BCUT2D eigenvalue weighted by atomic mass is 10.0. The first-order chi connectivity index (χ1) is 11.6. The zero-order valence-corrected chi connectivity index (χ0v) is 13.0. The minimum absolute atomic E-state index is 0.208. The number of hydrogen-bond donors (Lipinski definition) is 1. The lowest BCUT2D eigenvalue weighted by Crippen LogP contribution is -2.16. The Hall–Kier alpha value is -3.08. The fourth-order valence-electron chi connectivity index (χ4n) is 2.58. The Labute approximate surface area is 139 Å². The van der Waals surface area contributed by atoms with Gasteiger partial charge in [0.25, 0.3) is 0 Å². The Balaban J connectivity index is 1.69. The molecule has 1 N–H and O–H groups in total. The SMILES string of the molecule is O=C(O)C(=O)Cc1cc(CCc2ccc3ccccc3c2)ncn1. The number of rotatable bonds is 6. The van der Waals surface area contributed by atoms with Crippen LogP contribution in [0.15, 0.2) is 54.9 Å². The smallest absolute Gasteiger partial charge is 0.372 e. The molecule has 0 amide bonds. The Kier molecular flexibility index (Phi) is 4.61. The van der Waals surface area contributed by atoms with E-state index in [0.29, 0.717) is 12.1 Å². The van der Waals surface area contributed by atoms with E-state index in [0.717, 1.165) is 12.1 Å². The Morgan fingerprint density at radius 3 is 2.42 bits per heavy atom. The molecule has 3 rings (SSSR count). The topological polar surface area (TPSA) is 80.1 Å². The largest absolute Gasteiger partial charge is 0.475 e. The van der Waals surface area contributed by atoms with E-state index in [-0.39, 0.29) is 6.42 Å². The summed E-state index contributed by atoms with van der Waals surface area (Å²) in [6.45, 7) is 0. The predicted molar refractivity (Wildman–Crippen MR) is 89.7 cm³/mol. The summed E-state index contributed by atoms with van der Waals surface area (Å²) in [5, 5.41) is 11.1. The first-order valence-electron chi connectivity index (χ1n) is 7.65. The highest BCUT2D eigenvalue weighted by molar-refractivity contribution is 6.33. The Bertz CT molecular complexity index is 906. The molecule has 1 aromatic heterocycles. The molecule has 0 aliphatic heterocycles. The number of carboxylic acids is 1. The van der Waals surface area contributed by atoms with Crippen molar-refractivity contribution in [3.8, 4) is 0 Å². The van der Waals surface area contributed by atoms with Gasteiger partial charge in [-0.2, -0.15) is 0 Å². The number of benzene rings is 2. The van der Waals surface area contributed by atoms with Crippen LogP contribution in [-0.4, -0.2) is 26.8 Å². The van der Waals surface area contributed by atoms with E-state index in [4.69, 9.17) is 5.11 Å². The Morgan fingerprint density at radius 1 is 0.875 bits per heavy atom. The summed E-state index contributed by atoms with van der Waals surface area (Å²) in [5.41, 5.74) is 2.44. The second-order valence-corrected chi connectivity index (χ2v) is 5.59. The van der Waals surface area contributed by atoms with E-state index in [1.165, 1.54) is 22.7 Å². The number of hydrogen-bond acceptors (Lipinski definition) is 4. The maximum Gasteiger partial charge on any atom is 0.372 e. The van der Waals surface area contributed by atoms with Crippen molar-refractivity contribution in [2.24, 2.45) is 0 Å². The molecule has 3 aromatic rings. The zero-order valence-electron chi connectivity index (χ0n) is 13.0. The molecule has 5 nitrogen and oxygen atoms in total. The van der Waals surface area contributed by atoms with E-state index in [2.05, 4.69) is 40.3 Å². The number of aliphatic carboxylic acids is 1. The van der Waals surface area contributed by atoms with Crippen LogP contribution in [0.3, 0.4) is 0 Å². The van der Waals surface area contributed by atoms with Crippen molar-refractivity contribution in [2.75, 3.05) is 0 Å². The fourth-order valence-corrected chi connectivity index (χ4v) is 2.58. The third kappa shape index (κ3) is 3.81. The van der Waals surface area contributed by atoms with Crippen molar-refractivity contribution in [3.63, 3.8) is 0 Å². The molecule has 1 heterocycles. The first-order valence-corrected chi connectivity index (χ1v) is 7.65. The van der Waals surface area contributed by atoms with Gasteiger partial charge in [-0.25, -0.2) is 14.8 Å². The van der Waals surface area contributed by atoms with Gasteiger partial charge in [0.2, 0.25) is 5.78 Å². The number of fused-ring (bicyclic) bond motifs is 1. The number of carbonyl (C=O) groups excluding carboxylic acids is 1. The van der Waals surface area contributed by atoms with Gasteiger partial charge in [-0.05, 0) is 35.2 Å². The number of carboxylic acid groups (broad SMARTS) is 1. The monoisotopic (exact) mass is 320 g/mol. The highest BCUT2D eigenvalue weighted by Crippen LogP contribution is 2.17. The second-order valence-electron chi connectivity index (χ2n) is 5.59. The van der Waals surface area contributed by atoms with Crippen LogP contribution in [0, 0.1) is 0 Å². The molecule has 0 aliphatic carbocycles. The van der Waals surface area contributed by atoms with Gasteiger partial charge < -0.3 is 5.11 Å². The number of Topliss-reactive ketones (excluding diaryl/α,β-unsaturated/α-hetero) is 1. The number of carbonyl (C=O) groups is 2. The van der Waals surface area contributed by atoms with Crippen molar-refractivity contribution in [2.45, 2.75) is 19.3 Å². The molecule has 0 atom stereocenters. The van der Waals surface area contributed by atoms with Crippen LogP contribution in [0.25, 0.3) is 10.8 Å². The normalized spacial score (nSPS) is 10.7. The van der Waals surface area contributed by atoms with Crippen molar-refractivity contribution < 1.29 is 14.7 Å². The summed E-state index contributed by atoms with van der Waals surface area (Å²) in [6.07, 6.45) is 2.68. The standard InChI is InChI=1S/C19H16N2O3/c22-18(19(23)24)11-17-10-16(20-12-21-17)8-6-13-5-7-14-3-1-2-4-15(14)9-13/h1-5,7,9-10,12H,6,8,11H2,(H,23,24). The minimum Gasteiger partial charge on any atom is -0.475 e. The van der Waals surface area contributed by atoms with E-state index in [9.17, 15) is 9.59 Å². The lowest BCUT2D eigenvalue weighted by Gasteiger charge is -2.05. The molecule has 5 heteroatoms. The van der Waals surface area contributed by atoms with E-state index < -0.39 is 11.8 Å². The molecule has 0 spiro atoms. The fraction of sp³-hybridized carbons (Fsp3) is 0.158. The quantitative estimate of drug-likeness (QED) is 0.706. The summed E-state index contributed by atoms with van der Waals surface area (Å²) >= 11 is 0. The molecular weight excluding hydrogens is 304 g/mol. The maximum absolute atomic E-state index is 11.3. The maximum atomic E-state index is 11.3. The van der Waals surface area contributed by atoms with Crippen molar-refractivity contribution in [3.05, 3.63) is 71.8 Å². The minimum atomic E-state index is -1.44. The molecular formula is C19H16N2O3. The van der Waals surface area contributed by atoms with E-state index in [1.807, 2.05) is 12.1 Å². The molecule has 0 fully saturated rings. The van der Waals surface area contributed by atoms with E-state index >= 15 is 0 Å². The van der Waals surface area contributed by atoms with Gasteiger partial charge in [0.15, 0.2) is 0 Å². The molecule has 120 valence electrons. The molecule has 0 radical (unpaired) electrons. The van der Waals surface area contributed by atoms with Crippen LogP contribution in [0.4, 0.5) is 0 Å². The van der Waals surface area contributed by atoms with Gasteiger partial charge in [0, 0.05) is 5.69 Å². The van der Waals surface area contributed by atoms with Gasteiger partial charge in [0.05, 0.1) is 12.1 Å². The molecule has 0 aliphatic rings. The third-order valence-electron chi connectivity index (χ3n) is 3.84. The average molecular weight is 320 g/mol. The number of aryl methyl sites for hydroxylation is 2. The van der Waals surface area contributed by atoms with Gasteiger partial charge in [-0.15, -0.1) is 0 Å². The number of nitrogens with zero attached hydrogens (tertiary/aromatic N) is 2. The second kappa shape index (κ2) is 7.00. The molecule has 0 unspecified atom stereocenters. The number of aromatic nitrogens is 2. The molecule has 0 bridgehead atoms. The predicted octanol–water partition coefficient (Wildman–Crippen LogP) is 2.61. The van der Waals surface area contributed by atoms with Gasteiger partial charge in [-0.3, -0.25) is 4.79 Å². The molecule has 0 saturated carbocycles. The average Bonchev–Trinajstić information content (AvgIpc) is 2.60. The summed E-state index contributed by atoms with van der Waals surface area (Å²) in [7, 11) is 0. The van der Waals surface area contributed by atoms with Crippen molar-refractivity contribution in [1.82, 2.24) is 9.97 Å². The Morgan fingerprint density at radius 2 is 1.62 bits per heavy atom. The van der Waals surface area contributed by atoms with Crippen LogP contribution < -0.4 is 0 Å². The first kappa shape index (κ1) is 15.8. The number of ketones is 1. The van der Waals surface area contributed by atoms with Crippen LogP contribution in [0.2, 0.25) is 0 Å². The van der Waals surface area contributed by atoms with Crippen molar-refractivity contribution in [1.29, 1.82) is 0 Å². The summed E-state index contributed by atoms with van der Waals surface area (Å²) in [4.78, 5) is 30.0. The third-order valence-corrected chi connectivity index (χ3v) is 3.84. The van der Waals surface area contributed by atoms with Gasteiger partial charge in [-0.1, -0.05) is 42.5 Å². The van der Waals surface area contributed by atoms with Crippen LogP contribution in [0.1, 0.15) is 17.0 Å². The summed E-state index contributed by atoms with van der Waals surface area (Å²) in [6, 6.07) is 16.2. The van der Waals surface area contributed by atoms with Crippen LogP contribution in [-0.2, 0) is 28.9 Å². The summed E-state index contributed by atoms with van der Waals surface area (Å²) < 4.78 is 0. The van der Waals surface area contributed by atoms with Crippen LogP contribution >= 0.6 is 0 Å². The van der Waals surface area contributed by atoms with Gasteiger partial charge >= 0.3 is 5.97 Å². The zero-order chi connectivity index (χ0) is 16.9. The highest BCUT2D eigenvalue weighted by atomic mass is 16.4. The lowest BCUT2D eigenvalue weighted by molar-refractivity contribution is -0.148. The molecule has 24 heavy (non-hydrogen) atoms.